The van der Waals surface area contributed by atoms with Gasteiger partial charge in [-0.25, -0.2) is 9.59 Å². The van der Waals surface area contributed by atoms with Crippen molar-refractivity contribution in [2.75, 3.05) is 4.90 Å². The van der Waals surface area contributed by atoms with E-state index in [0.717, 1.165) is 22.9 Å². The lowest BCUT2D eigenvalue weighted by Crippen LogP contribution is -2.26. The van der Waals surface area contributed by atoms with E-state index in [1.165, 1.54) is 0 Å². The number of carboxylic acid groups (broad SMARTS) is 2. The smallest absolute Gasteiger partial charge is 0.334 e. The van der Waals surface area contributed by atoms with Gasteiger partial charge in [-0.05, 0) is 23.3 Å². The number of nitrogens with zero attached hydrogens (tertiary/aromatic N) is 2. The topological polar surface area (TPSA) is 90.7 Å². The molecule has 0 spiro atoms. The summed E-state index contributed by atoms with van der Waals surface area (Å²) in [4.78, 5) is 28.5. The fourth-order valence-electron chi connectivity index (χ4n) is 2.89. The fraction of sp³-hybridized carbons (Fsp3) is 0.118. The first-order chi connectivity index (χ1) is 11.1. The van der Waals surface area contributed by atoms with Gasteiger partial charge in [0.15, 0.2) is 0 Å². The number of carbonyl (C=O) groups is 2. The Labute approximate surface area is 132 Å². The van der Waals surface area contributed by atoms with Gasteiger partial charge in [-0.2, -0.15) is 0 Å². The monoisotopic (exact) mass is 310 g/mol. The van der Waals surface area contributed by atoms with Crippen LogP contribution in [-0.2, 0) is 16.1 Å². The Hall–Kier alpha value is -3.15. The minimum absolute atomic E-state index is 0.167. The van der Waals surface area contributed by atoms with Gasteiger partial charge in [0.2, 0.25) is 0 Å². The van der Waals surface area contributed by atoms with Crippen LogP contribution < -0.4 is 4.90 Å². The quantitative estimate of drug-likeness (QED) is 0.842. The summed E-state index contributed by atoms with van der Waals surface area (Å²) in [6.07, 6.45) is 4.01. The minimum Gasteiger partial charge on any atom is -0.478 e. The molecule has 6 heteroatoms. The van der Waals surface area contributed by atoms with Gasteiger partial charge in [0.05, 0.1) is 11.6 Å². The molecule has 6 nitrogen and oxygen atoms in total. The third-order valence-electron chi connectivity index (χ3n) is 3.82. The van der Waals surface area contributed by atoms with Crippen LogP contribution in [0.2, 0.25) is 0 Å². The van der Waals surface area contributed by atoms with Gasteiger partial charge in [0.25, 0.3) is 0 Å². The Morgan fingerprint density at radius 3 is 2.48 bits per heavy atom. The van der Waals surface area contributed by atoms with E-state index in [9.17, 15) is 14.7 Å². The molecule has 2 heterocycles. The predicted octanol–water partition coefficient (Wildman–Crippen LogP) is 2.24. The molecule has 2 aromatic rings. The van der Waals surface area contributed by atoms with Gasteiger partial charge in [-0.15, -0.1) is 0 Å². The van der Waals surface area contributed by atoms with Crippen LogP contribution in [-0.4, -0.2) is 27.1 Å². The number of fused-ring (bicyclic) bond motifs is 1. The van der Waals surface area contributed by atoms with E-state index in [2.05, 4.69) is 4.98 Å². The summed E-state index contributed by atoms with van der Waals surface area (Å²) in [5, 5.41) is 18.5. The summed E-state index contributed by atoms with van der Waals surface area (Å²) in [6.45, 7) is 0.509. The summed E-state index contributed by atoms with van der Waals surface area (Å²) in [5.74, 6) is -2.52. The molecule has 23 heavy (non-hydrogen) atoms. The molecule has 3 rings (SSSR count). The second-order valence-corrected chi connectivity index (χ2v) is 5.18. The molecule has 1 atom stereocenters. The van der Waals surface area contributed by atoms with Gasteiger partial charge in [0.1, 0.15) is 0 Å². The van der Waals surface area contributed by atoms with Crippen molar-refractivity contribution in [3.63, 3.8) is 0 Å². The molecule has 0 amide bonds. The van der Waals surface area contributed by atoms with Gasteiger partial charge >= 0.3 is 11.9 Å². The number of pyridine rings is 1. The Morgan fingerprint density at radius 1 is 1.13 bits per heavy atom. The molecule has 0 fully saturated rings. The zero-order valence-corrected chi connectivity index (χ0v) is 12.1. The average molecular weight is 310 g/mol. The highest BCUT2D eigenvalue weighted by atomic mass is 16.4. The Balaban J connectivity index is 2.15. The van der Waals surface area contributed by atoms with Crippen molar-refractivity contribution >= 4 is 17.6 Å². The van der Waals surface area contributed by atoms with E-state index in [4.69, 9.17) is 5.11 Å². The lowest BCUT2D eigenvalue weighted by Gasteiger charge is -2.27. The second-order valence-electron chi connectivity index (χ2n) is 5.18. The number of aliphatic carboxylic acids is 2. The average Bonchev–Trinajstić information content (AvgIpc) is 2.92. The standard InChI is InChI=1S/C17H14N2O4/c20-15(21)9-14(17(22)23)16-13-4-2-1-3-11(13)10-19(16)12-5-7-18-8-6-12/h1-9,16H,10H2,(H,20,21)(H,22,23). The van der Waals surface area contributed by atoms with Crippen LogP contribution in [0.3, 0.4) is 0 Å². The fourth-order valence-corrected chi connectivity index (χ4v) is 2.89. The summed E-state index contributed by atoms with van der Waals surface area (Å²) in [7, 11) is 0. The zero-order valence-electron chi connectivity index (χ0n) is 12.1. The highest BCUT2D eigenvalue weighted by Crippen LogP contribution is 2.41. The number of aromatic nitrogens is 1. The van der Waals surface area contributed by atoms with E-state index in [-0.39, 0.29) is 5.57 Å². The van der Waals surface area contributed by atoms with Crippen LogP contribution in [0.5, 0.6) is 0 Å². The number of rotatable bonds is 4. The highest BCUT2D eigenvalue weighted by Gasteiger charge is 2.36. The number of carboxylic acids is 2. The molecule has 116 valence electrons. The lowest BCUT2D eigenvalue weighted by molar-refractivity contribution is -0.135. The van der Waals surface area contributed by atoms with Gasteiger partial charge in [-0.1, -0.05) is 24.3 Å². The van der Waals surface area contributed by atoms with E-state index in [0.29, 0.717) is 6.54 Å². The number of anilines is 1. The van der Waals surface area contributed by atoms with Gasteiger partial charge in [-0.3, -0.25) is 4.98 Å². The molecule has 0 saturated carbocycles. The van der Waals surface area contributed by atoms with E-state index >= 15 is 0 Å². The molecule has 2 N–H and O–H groups in total. The predicted molar refractivity (Wildman–Crippen MR) is 83.0 cm³/mol. The molecule has 0 aliphatic carbocycles. The normalized spacial score (nSPS) is 17.0. The van der Waals surface area contributed by atoms with E-state index in [1.54, 1.807) is 24.5 Å². The molecule has 1 aromatic carbocycles. The Morgan fingerprint density at radius 2 is 1.83 bits per heavy atom. The largest absolute Gasteiger partial charge is 0.478 e. The first kappa shape index (κ1) is 14.8. The van der Waals surface area contributed by atoms with Crippen molar-refractivity contribution < 1.29 is 19.8 Å². The Kier molecular flexibility index (Phi) is 3.80. The van der Waals surface area contributed by atoms with Gasteiger partial charge in [0, 0.05) is 30.7 Å². The van der Waals surface area contributed by atoms with Crippen molar-refractivity contribution in [3.05, 3.63) is 71.6 Å². The maximum atomic E-state index is 11.6. The molecular weight excluding hydrogens is 296 g/mol. The van der Waals surface area contributed by atoms with Crippen LogP contribution in [0.15, 0.2) is 60.4 Å². The van der Waals surface area contributed by atoms with Crippen molar-refractivity contribution in [1.29, 1.82) is 0 Å². The third-order valence-corrected chi connectivity index (χ3v) is 3.82. The third kappa shape index (κ3) is 2.78. The lowest BCUT2D eigenvalue weighted by atomic mass is 9.97. The van der Waals surface area contributed by atoms with Crippen LogP contribution in [0.4, 0.5) is 5.69 Å². The minimum atomic E-state index is -1.28. The molecule has 1 aliphatic heterocycles. The molecule has 1 aliphatic rings. The van der Waals surface area contributed by atoms with Crippen molar-refractivity contribution in [3.8, 4) is 0 Å². The number of hydrogen-bond donors (Lipinski definition) is 2. The van der Waals surface area contributed by atoms with Crippen LogP contribution in [0.25, 0.3) is 0 Å². The summed E-state index contributed by atoms with van der Waals surface area (Å²) < 4.78 is 0. The molecule has 1 aromatic heterocycles. The molecule has 0 bridgehead atoms. The van der Waals surface area contributed by atoms with E-state index in [1.807, 2.05) is 29.2 Å². The first-order valence-corrected chi connectivity index (χ1v) is 7.00. The molecular formula is C17H14N2O4. The van der Waals surface area contributed by atoms with Gasteiger partial charge < -0.3 is 15.1 Å². The van der Waals surface area contributed by atoms with Crippen molar-refractivity contribution in [1.82, 2.24) is 4.98 Å². The van der Waals surface area contributed by atoms with Crippen molar-refractivity contribution in [2.45, 2.75) is 12.6 Å². The molecule has 0 saturated heterocycles. The number of benzene rings is 1. The van der Waals surface area contributed by atoms with E-state index < -0.39 is 18.0 Å². The highest BCUT2D eigenvalue weighted by molar-refractivity contribution is 5.97. The Bertz CT molecular complexity index is 786. The number of hydrogen-bond acceptors (Lipinski definition) is 4. The second kappa shape index (κ2) is 5.92. The van der Waals surface area contributed by atoms with Crippen LogP contribution >= 0.6 is 0 Å². The first-order valence-electron chi connectivity index (χ1n) is 7.00. The summed E-state index contributed by atoms with van der Waals surface area (Å²) >= 11 is 0. The van der Waals surface area contributed by atoms with Crippen LogP contribution in [0.1, 0.15) is 17.2 Å². The molecule has 0 radical (unpaired) electrons. The van der Waals surface area contributed by atoms with Crippen molar-refractivity contribution in [2.24, 2.45) is 0 Å². The maximum absolute atomic E-state index is 11.6. The summed E-state index contributed by atoms with van der Waals surface area (Å²) in [6, 6.07) is 10.4. The zero-order chi connectivity index (χ0) is 16.4. The summed E-state index contributed by atoms with van der Waals surface area (Å²) in [5.41, 5.74) is 2.41. The SMILES string of the molecule is O=C(O)C=C(C(=O)O)C1c2ccccc2CN1c1ccncc1. The van der Waals surface area contributed by atoms with Crippen LogP contribution in [0, 0.1) is 0 Å². The molecule has 1 unspecified atom stereocenters. The maximum Gasteiger partial charge on any atom is 0.334 e.